The van der Waals surface area contributed by atoms with Crippen molar-refractivity contribution in [3.8, 4) is 23.3 Å². The van der Waals surface area contributed by atoms with E-state index in [1.165, 1.54) is 11.1 Å². The van der Waals surface area contributed by atoms with Gasteiger partial charge in [0.2, 0.25) is 0 Å². The van der Waals surface area contributed by atoms with Gasteiger partial charge in [0.1, 0.15) is 17.6 Å². The Bertz CT molecular complexity index is 1160. The lowest BCUT2D eigenvalue weighted by Gasteiger charge is -2.36. The standard InChI is InChI=1S/C24H26N4O3/c1-15-9-17(29-2)5-6-18(15)21-14-28(8-7-26-21)24-20-11-23(31-4)22(30-3)10-19(20)16(12-25)13-27-24/h5-6,9-11,13,21,26H,7-8,14H2,1-4H3/t21-/m0/s1. The molecule has 1 N–H and O–H groups in total. The number of pyridine rings is 1. The maximum Gasteiger partial charge on any atom is 0.161 e. The molecular formula is C24H26N4O3. The number of nitriles is 1. The molecule has 0 saturated carbocycles. The summed E-state index contributed by atoms with van der Waals surface area (Å²) in [4.78, 5) is 6.93. The van der Waals surface area contributed by atoms with E-state index in [9.17, 15) is 5.26 Å². The maximum absolute atomic E-state index is 9.60. The number of anilines is 1. The number of nitrogens with zero attached hydrogens (tertiary/aromatic N) is 3. The van der Waals surface area contributed by atoms with Crippen molar-refractivity contribution in [2.45, 2.75) is 13.0 Å². The van der Waals surface area contributed by atoms with Gasteiger partial charge >= 0.3 is 0 Å². The average Bonchev–Trinajstić information content (AvgIpc) is 2.82. The highest BCUT2D eigenvalue weighted by Gasteiger charge is 2.25. The molecule has 0 amide bonds. The van der Waals surface area contributed by atoms with Gasteiger partial charge in [0.05, 0.1) is 32.9 Å². The minimum Gasteiger partial charge on any atom is -0.497 e. The van der Waals surface area contributed by atoms with Gasteiger partial charge in [-0.15, -0.1) is 0 Å². The van der Waals surface area contributed by atoms with Gasteiger partial charge in [0.25, 0.3) is 0 Å². The zero-order chi connectivity index (χ0) is 22.0. The second-order valence-corrected chi connectivity index (χ2v) is 7.54. The normalized spacial score (nSPS) is 16.1. The molecule has 3 aromatic rings. The van der Waals surface area contributed by atoms with Crippen molar-refractivity contribution in [2.75, 3.05) is 45.9 Å². The minimum absolute atomic E-state index is 0.160. The molecule has 1 fully saturated rings. The van der Waals surface area contributed by atoms with Crippen LogP contribution in [0.15, 0.2) is 36.5 Å². The third kappa shape index (κ3) is 3.82. The summed E-state index contributed by atoms with van der Waals surface area (Å²) in [5.41, 5.74) is 2.93. The van der Waals surface area contributed by atoms with Crippen LogP contribution in [-0.4, -0.2) is 45.9 Å². The summed E-state index contributed by atoms with van der Waals surface area (Å²) in [6, 6.07) is 12.3. The topological polar surface area (TPSA) is 79.6 Å². The summed E-state index contributed by atoms with van der Waals surface area (Å²) in [5.74, 6) is 2.91. The fraction of sp³-hybridized carbons (Fsp3) is 0.333. The Labute approximate surface area is 182 Å². The van der Waals surface area contributed by atoms with Crippen LogP contribution >= 0.6 is 0 Å². The molecule has 2 aromatic carbocycles. The lowest BCUT2D eigenvalue weighted by molar-refractivity contribution is 0.356. The molecule has 0 unspecified atom stereocenters. The van der Waals surface area contributed by atoms with Gasteiger partial charge in [-0.3, -0.25) is 0 Å². The fourth-order valence-corrected chi connectivity index (χ4v) is 4.21. The Kier molecular flexibility index (Phi) is 5.83. The monoisotopic (exact) mass is 418 g/mol. The van der Waals surface area contributed by atoms with E-state index in [1.54, 1.807) is 27.5 Å². The van der Waals surface area contributed by atoms with E-state index in [-0.39, 0.29) is 6.04 Å². The Morgan fingerprint density at radius 3 is 2.45 bits per heavy atom. The molecule has 7 nitrogen and oxygen atoms in total. The molecule has 31 heavy (non-hydrogen) atoms. The number of hydrogen-bond donors (Lipinski definition) is 1. The summed E-state index contributed by atoms with van der Waals surface area (Å²) in [6.45, 7) is 4.50. The first-order chi connectivity index (χ1) is 15.1. The summed E-state index contributed by atoms with van der Waals surface area (Å²) >= 11 is 0. The number of aromatic nitrogens is 1. The van der Waals surface area contributed by atoms with Gasteiger partial charge in [-0.2, -0.15) is 5.26 Å². The summed E-state index contributed by atoms with van der Waals surface area (Å²) in [7, 11) is 4.88. The van der Waals surface area contributed by atoms with Gasteiger partial charge in [-0.1, -0.05) is 6.07 Å². The number of aryl methyl sites for hydroxylation is 1. The molecule has 2 heterocycles. The molecule has 0 bridgehead atoms. The van der Waals surface area contributed by atoms with E-state index in [4.69, 9.17) is 14.2 Å². The van der Waals surface area contributed by atoms with Crippen LogP contribution in [0.3, 0.4) is 0 Å². The number of methoxy groups -OCH3 is 3. The fourth-order valence-electron chi connectivity index (χ4n) is 4.21. The molecule has 0 radical (unpaired) electrons. The van der Waals surface area contributed by atoms with Gasteiger partial charge in [0, 0.05) is 36.6 Å². The van der Waals surface area contributed by atoms with Crippen LogP contribution in [-0.2, 0) is 0 Å². The molecule has 1 aliphatic rings. The second kappa shape index (κ2) is 8.70. The van der Waals surface area contributed by atoms with Crippen LogP contribution in [0.5, 0.6) is 17.2 Å². The summed E-state index contributed by atoms with van der Waals surface area (Å²) in [6.07, 6.45) is 1.64. The van der Waals surface area contributed by atoms with E-state index >= 15 is 0 Å². The molecular weight excluding hydrogens is 392 g/mol. The highest BCUT2D eigenvalue weighted by molar-refractivity contribution is 5.98. The van der Waals surface area contributed by atoms with Crippen molar-refractivity contribution >= 4 is 16.6 Å². The van der Waals surface area contributed by atoms with Crippen LogP contribution in [0.2, 0.25) is 0 Å². The predicted octanol–water partition coefficient (Wildman–Crippen LogP) is 3.59. The molecule has 0 spiro atoms. The first kappa shape index (κ1) is 20.8. The van der Waals surface area contributed by atoms with Crippen LogP contribution in [0.4, 0.5) is 5.82 Å². The van der Waals surface area contributed by atoms with E-state index in [1.807, 2.05) is 18.2 Å². The SMILES string of the molecule is COc1ccc([C@@H]2CN(c3ncc(C#N)c4cc(OC)c(OC)cc34)CCN2)c(C)c1. The van der Waals surface area contributed by atoms with Crippen LogP contribution < -0.4 is 24.4 Å². The number of hydrogen-bond acceptors (Lipinski definition) is 7. The number of benzene rings is 2. The Balaban J connectivity index is 1.75. The van der Waals surface area contributed by atoms with E-state index in [0.717, 1.165) is 42.0 Å². The summed E-state index contributed by atoms with van der Waals surface area (Å²) < 4.78 is 16.3. The van der Waals surface area contributed by atoms with Crippen LogP contribution in [0.25, 0.3) is 10.8 Å². The third-order valence-electron chi connectivity index (χ3n) is 5.82. The van der Waals surface area contributed by atoms with Crippen molar-refractivity contribution < 1.29 is 14.2 Å². The molecule has 7 heteroatoms. The van der Waals surface area contributed by atoms with Crippen molar-refractivity contribution in [1.29, 1.82) is 5.26 Å². The number of ether oxygens (including phenoxy) is 3. The summed E-state index contributed by atoms with van der Waals surface area (Å²) in [5, 5.41) is 14.9. The average molecular weight is 418 g/mol. The quantitative estimate of drug-likeness (QED) is 0.678. The number of rotatable bonds is 5. The van der Waals surface area contributed by atoms with E-state index in [0.29, 0.717) is 17.1 Å². The molecule has 1 aliphatic heterocycles. The van der Waals surface area contributed by atoms with Crippen LogP contribution in [0, 0.1) is 18.3 Å². The van der Waals surface area contributed by atoms with E-state index < -0.39 is 0 Å². The zero-order valence-corrected chi connectivity index (χ0v) is 18.2. The van der Waals surface area contributed by atoms with E-state index in [2.05, 4.69) is 40.3 Å². The van der Waals surface area contributed by atoms with Crippen molar-refractivity contribution in [3.63, 3.8) is 0 Å². The first-order valence-corrected chi connectivity index (χ1v) is 10.2. The molecule has 0 aliphatic carbocycles. The lowest BCUT2D eigenvalue weighted by atomic mass is 9.98. The number of fused-ring (bicyclic) bond motifs is 1. The van der Waals surface area contributed by atoms with Gasteiger partial charge in [0.15, 0.2) is 11.5 Å². The molecule has 160 valence electrons. The second-order valence-electron chi connectivity index (χ2n) is 7.54. The Morgan fingerprint density at radius 1 is 1.06 bits per heavy atom. The van der Waals surface area contributed by atoms with Gasteiger partial charge < -0.3 is 24.4 Å². The van der Waals surface area contributed by atoms with Crippen LogP contribution in [0.1, 0.15) is 22.7 Å². The molecule has 1 saturated heterocycles. The van der Waals surface area contributed by atoms with Crippen molar-refractivity contribution in [3.05, 3.63) is 53.2 Å². The minimum atomic E-state index is 0.160. The third-order valence-corrected chi connectivity index (χ3v) is 5.82. The zero-order valence-electron chi connectivity index (χ0n) is 18.2. The largest absolute Gasteiger partial charge is 0.497 e. The van der Waals surface area contributed by atoms with Gasteiger partial charge in [-0.05, 0) is 42.3 Å². The number of nitrogens with one attached hydrogen (secondary N) is 1. The van der Waals surface area contributed by atoms with Crippen molar-refractivity contribution in [2.24, 2.45) is 0 Å². The highest BCUT2D eigenvalue weighted by Crippen LogP contribution is 2.38. The molecule has 1 atom stereocenters. The first-order valence-electron chi connectivity index (χ1n) is 10.2. The van der Waals surface area contributed by atoms with Gasteiger partial charge in [-0.25, -0.2) is 4.98 Å². The smallest absolute Gasteiger partial charge is 0.161 e. The Morgan fingerprint density at radius 2 is 1.81 bits per heavy atom. The van der Waals surface area contributed by atoms with Crippen molar-refractivity contribution in [1.82, 2.24) is 10.3 Å². The maximum atomic E-state index is 9.60. The molecule has 1 aromatic heterocycles. The number of piperazine rings is 1. The predicted molar refractivity (Wildman–Crippen MR) is 120 cm³/mol. The Hall–Kier alpha value is -3.50. The lowest BCUT2D eigenvalue weighted by Crippen LogP contribution is -2.46. The molecule has 4 rings (SSSR count). The highest BCUT2D eigenvalue weighted by atomic mass is 16.5.